The summed E-state index contributed by atoms with van der Waals surface area (Å²) in [5, 5.41) is 9.88. The minimum absolute atomic E-state index is 0.0226. The molecule has 0 aliphatic heterocycles. The normalized spacial score (nSPS) is 12.5. The highest BCUT2D eigenvalue weighted by molar-refractivity contribution is 6.05. The maximum Gasteiger partial charge on any atom is 0.349 e. The molecule has 0 aliphatic rings. The molecule has 1 unspecified atom stereocenters. The third-order valence-corrected chi connectivity index (χ3v) is 5.28. The monoisotopic (exact) mass is 405 g/mol. The van der Waals surface area contributed by atoms with Crippen molar-refractivity contribution in [2.75, 3.05) is 13.7 Å². The Bertz CT molecular complexity index is 889. The topological polar surface area (TPSA) is 59.3 Å². The lowest BCUT2D eigenvalue weighted by Gasteiger charge is -2.16. The average Bonchev–Trinajstić information content (AvgIpc) is 2.78. The van der Waals surface area contributed by atoms with E-state index in [-0.39, 0.29) is 5.57 Å². The van der Waals surface area contributed by atoms with Gasteiger partial charge in [-0.1, -0.05) is 75.1 Å². The number of unbranched alkanes of at least 4 members (excludes halogenated alkanes) is 1. The predicted molar refractivity (Wildman–Crippen MR) is 120 cm³/mol. The second-order valence-electron chi connectivity index (χ2n) is 7.47. The maximum atomic E-state index is 12.9. The Morgan fingerprint density at radius 2 is 1.63 bits per heavy atom. The summed E-state index contributed by atoms with van der Waals surface area (Å²) in [4.78, 5) is 12.9. The van der Waals surface area contributed by atoms with E-state index in [2.05, 4.69) is 19.9 Å². The van der Waals surface area contributed by atoms with Crippen molar-refractivity contribution in [1.82, 2.24) is 0 Å². The minimum Gasteiger partial charge on any atom is -0.497 e. The van der Waals surface area contributed by atoms with Crippen LogP contribution in [0.3, 0.4) is 0 Å². The van der Waals surface area contributed by atoms with E-state index in [1.165, 1.54) is 0 Å². The Kier molecular flexibility index (Phi) is 9.15. The van der Waals surface area contributed by atoms with Gasteiger partial charge in [0.2, 0.25) is 0 Å². The van der Waals surface area contributed by atoms with E-state index < -0.39 is 5.97 Å². The molecule has 2 rings (SSSR count). The highest BCUT2D eigenvalue weighted by Gasteiger charge is 2.21. The summed E-state index contributed by atoms with van der Waals surface area (Å²) < 4.78 is 10.8. The summed E-state index contributed by atoms with van der Waals surface area (Å²) in [5.41, 5.74) is 3.28. The molecule has 30 heavy (non-hydrogen) atoms. The third-order valence-electron chi connectivity index (χ3n) is 5.28. The summed E-state index contributed by atoms with van der Waals surface area (Å²) in [6.45, 7) is 6.59. The van der Waals surface area contributed by atoms with E-state index in [0.717, 1.165) is 42.4 Å². The first-order chi connectivity index (χ1) is 14.5. The van der Waals surface area contributed by atoms with Gasteiger partial charge in [-0.3, -0.25) is 0 Å². The molecule has 0 heterocycles. The molecule has 0 spiro atoms. The van der Waals surface area contributed by atoms with Gasteiger partial charge in [0.25, 0.3) is 0 Å². The van der Waals surface area contributed by atoms with Crippen molar-refractivity contribution in [3.05, 3.63) is 70.8 Å². The number of carbonyl (C=O) groups excluding carboxylic acids is 1. The van der Waals surface area contributed by atoms with Crippen LogP contribution in [0.15, 0.2) is 54.1 Å². The van der Waals surface area contributed by atoms with Crippen LogP contribution >= 0.6 is 0 Å². The molecule has 0 bridgehead atoms. The first-order valence-electron chi connectivity index (χ1n) is 10.6. The van der Waals surface area contributed by atoms with Crippen molar-refractivity contribution < 1.29 is 14.3 Å². The van der Waals surface area contributed by atoms with Gasteiger partial charge in [-0.15, -0.1) is 0 Å². The molecule has 0 amide bonds. The van der Waals surface area contributed by atoms with Crippen LogP contribution in [-0.4, -0.2) is 19.7 Å². The lowest BCUT2D eigenvalue weighted by molar-refractivity contribution is -0.139. The molecule has 158 valence electrons. The van der Waals surface area contributed by atoms with Crippen LogP contribution in [0.4, 0.5) is 0 Å². The van der Waals surface area contributed by atoms with Crippen LogP contribution in [-0.2, 0) is 9.53 Å². The van der Waals surface area contributed by atoms with Gasteiger partial charge in [0.1, 0.15) is 17.4 Å². The molecule has 1 atom stereocenters. The van der Waals surface area contributed by atoms with Crippen LogP contribution in [0.25, 0.3) is 5.57 Å². The lowest BCUT2D eigenvalue weighted by atomic mass is 9.92. The summed E-state index contributed by atoms with van der Waals surface area (Å²) >= 11 is 0. The summed E-state index contributed by atoms with van der Waals surface area (Å²) in [6, 6.07) is 17.2. The van der Waals surface area contributed by atoms with Crippen molar-refractivity contribution in [3.8, 4) is 11.8 Å². The van der Waals surface area contributed by atoms with Gasteiger partial charge in [-0.2, -0.15) is 5.26 Å². The van der Waals surface area contributed by atoms with E-state index in [1.54, 1.807) is 7.11 Å². The Hall–Kier alpha value is -3.06. The Morgan fingerprint density at radius 3 is 2.13 bits per heavy atom. The predicted octanol–water partition coefficient (Wildman–Crippen LogP) is 6.09. The quantitative estimate of drug-likeness (QED) is 0.273. The first-order valence-corrected chi connectivity index (χ1v) is 10.6. The molecule has 0 fully saturated rings. The lowest BCUT2D eigenvalue weighted by Crippen LogP contribution is -2.16. The smallest absolute Gasteiger partial charge is 0.349 e. The fourth-order valence-electron chi connectivity index (χ4n) is 3.30. The fourth-order valence-corrected chi connectivity index (χ4v) is 3.30. The standard InChI is InChI=1S/C26H31NO3/c1-5-7-8-20(6-2)18-30-26(28)24(17-27)25(21-11-9-19(3)10-12-21)22-13-15-23(29-4)16-14-22/h9-16,20H,5-8,18H2,1-4H3/b25-24+. The maximum absolute atomic E-state index is 12.9. The molecule has 0 saturated heterocycles. The van der Waals surface area contributed by atoms with E-state index >= 15 is 0 Å². The van der Waals surface area contributed by atoms with Crippen LogP contribution in [0, 0.1) is 24.2 Å². The van der Waals surface area contributed by atoms with Crippen LogP contribution in [0.1, 0.15) is 56.2 Å². The molecule has 0 radical (unpaired) electrons. The number of nitriles is 1. The summed E-state index contributed by atoms with van der Waals surface area (Å²) in [6.07, 6.45) is 4.19. The zero-order chi connectivity index (χ0) is 21.9. The van der Waals surface area contributed by atoms with Crippen molar-refractivity contribution >= 4 is 11.5 Å². The number of hydrogen-bond donors (Lipinski definition) is 0. The fraction of sp³-hybridized carbons (Fsp3) is 0.385. The zero-order valence-corrected chi connectivity index (χ0v) is 18.4. The largest absolute Gasteiger partial charge is 0.497 e. The summed E-state index contributed by atoms with van der Waals surface area (Å²) in [7, 11) is 1.60. The van der Waals surface area contributed by atoms with E-state index in [9.17, 15) is 10.1 Å². The van der Waals surface area contributed by atoms with E-state index in [4.69, 9.17) is 9.47 Å². The second-order valence-corrected chi connectivity index (χ2v) is 7.47. The minimum atomic E-state index is -0.571. The third kappa shape index (κ3) is 6.22. The Morgan fingerprint density at radius 1 is 1.03 bits per heavy atom. The van der Waals surface area contributed by atoms with Crippen molar-refractivity contribution in [2.24, 2.45) is 5.92 Å². The van der Waals surface area contributed by atoms with Crippen LogP contribution in [0.2, 0.25) is 0 Å². The molecule has 2 aromatic rings. The number of rotatable bonds is 10. The van der Waals surface area contributed by atoms with Gasteiger partial charge in [0.15, 0.2) is 0 Å². The average molecular weight is 406 g/mol. The van der Waals surface area contributed by atoms with E-state index in [0.29, 0.717) is 23.8 Å². The van der Waals surface area contributed by atoms with Gasteiger partial charge in [0.05, 0.1) is 13.7 Å². The molecule has 0 saturated carbocycles. The zero-order valence-electron chi connectivity index (χ0n) is 18.4. The second kappa shape index (κ2) is 11.8. The number of methoxy groups -OCH3 is 1. The Balaban J connectivity index is 2.42. The highest BCUT2D eigenvalue weighted by Crippen LogP contribution is 2.29. The number of hydrogen-bond acceptors (Lipinski definition) is 4. The number of esters is 1. The molecule has 2 aromatic carbocycles. The van der Waals surface area contributed by atoms with Gasteiger partial charge in [0, 0.05) is 5.57 Å². The van der Waals surface area contributed by atoms with Crippen molar-refractivity contribution in [3.63, 3.8) is 0 Å². The molecule has 4 heteroatoms. The van der Waals surface area contributed by atoms with Crippen molar-refractivity contribution in [2.45, 2.75) is 46.5 Å². The van der Waals surface area contributed by atoms with Crippen LogP contribution in [0.5, 0.6) is 5.75 Å². The van der Waals surface area contributed by atoms with Gasteiger partial charge >= 0.3 is 5.97 Å². The number of ether oxygens (including phenoxy) is 2. The molecule has 0 aromatic heterocycles. The molecular weight excluding hydrogens is 374 g/mol. The van der Waals surface area contributed by atoms with Crippen molar-refractivity contribution in [1.29, 1.82) is 5.26 Å². The molecule has 0 N–H and O–H groups in total. The van der Waals surface area contributed by atoms with Crippen LogP contribution < -0.4 is 4.74 Å². The molecule has 0 aliphatic carbocycles. The Labute approximate surface area is 180 Å². The first kappa shape index (κ1) is 23.2. The van der Waals surface area contributed by atoms with Gasteiger partial charge in [-0.25, -0.2) is 4.79 Å². The van der Waals surface area contributed by atoms with Gasteiger partial charge in [-0.05, 0) is 42.5 Å². The number of aryl methyl sites for hydroxylation is 1. The SMILES string of the molecule is CCCCC(CC)COC(=O)/C(C#N)=C(\c1ccc(C)cc1)c1ccc(OC)cc1. The highest BCUT2D eigenvalue weighted by atomic mass is 16.5. The number of carbonyl (C=O) groups is 1. The van der Waals surface area contributed by atoms with Gasteiger partial charge < -0.3 is 9.47 Å². The molecule has 4 nitrogen and oxygen atoms in total. The number of benzene rings is 2. The molecular formula is C26H31NO3. The van der Waals surface area contributed by atoms with E-state index in [1.807, 2.05) is 55.5 Å². The summed E-state index contributed by atoms with van der Waals surface area (Å²) in [5.74, 6) is 0.460. The number of nitrogens with zero attached hydrogens (tertiary/aromatic N) is 1.